The van der Waals surface area contributed by atoms with E-state index in [1.807, 2.05) is 34.3 Å². The zero-order valence-electron chi connectivity index (χ0n) is 14.8. The van der Waals surface area contributed by atoms with Crippen LogP contribution in [-0.2, 0) is 21.7 Å². The molecule has 0 unspecified atom stereocenters. The van der Waals surface area contributed by atoms with Crippen LogP contribution in [0.25, 0.3) is 10.6 Å². The normalized spacial score (nSPS) is 11.3. The number of nitrogens with zero attached hydrogens (tertiary/aromatic N) is 1. The van der Waals surface area contributed by atoms with Crippen LogP contribution in [-0.4, -0.2) is 16.1 Å². The van der Waals surface area contributed by atoms with Gasteiger partial charge in [0.2, 0.25) is 5.60 Å². The molecular formula is C22H17NO3S2. The number of hydrogen-bond donors (Lipinski definition) is 1. The summed E-state index contributed by atoms with van der Waals surface area (Å²) in [7, 11) is 0. The van der Waals surface area contributed by atoms with Gasteiger partial charge in [0.05, 0.1) is 5.69 Å². The number of aromatic nitrogens is 1. The van der Waals surface area contributed by atoms with Gasteiger partial charge in [-0.25, -0.2) is 9.78 Å². The maximum absolute atomic E-state index is 13.0. The maximum Gasteiger partial charge on any atom is 0.348 e. The fourth-order valence-corrected chi connectivity index (χ4v) is 4.41. The zero-order valence-corrected chi connectivity index (χ0v) is 16.5. The summed E-state index contributed by atoms with van der Waals surface area (Å²) in [5, 5.41) is 18.1. The molecule has 4 rings (SSSR count). The molecule has 1 N–H and O–H groups in total. The summed E-state index contributed by atoms with van der Waals surface area (Å²) in [6.45, 7) is 0.00144. The van der Waals surface area contributed by atoms with E-state index in [1.165, 1.54) is 11.3 Å². The van der Waals surface area contributed by atoms with Crippen molar-refractivity contribution in [2.24, 2.45) is 0 Å². The summed E-state index contributed by atoms with van der Waals surface area (Å²) in [5.74, 6) is -0.727. The molecule has 0 aliphatic heterocycles. The van der Waals surface area contributed by atoms with Gasteiger partial charge in [-0.2, -0.15) is 11.3 Å². The average Bonchev–Trinajstić information content (AvgIpc) is 3.44. The Labute approximate surface area is 170 Å². The summed E-state index contributed by atoms with van der Waals surface area (Å²) >= 11 is 3.11. The predicted octanol–water partition coefficient (Wildman–Crippen LogP) is 4.85. The smallest absolute Gasteiger partial charge is 0.348 e. The molecule has 2 aromatic carbocycles. The minimum atomic E-state index is -1.88. The van der Waals surface area contributed by atoms with E-state index < -0.39 is 11.6 Å². The van der Waals surface area contributed by atoms with Crippen molar-refractivity contribution in [3.63, 3.8) is 0 Å². The third-order valence-electron chi connectivity index (χ3n) is 4.35. The third kappa shape index (κ3) is 3.62. The Kier molecular flexibility index (Phi) is 5.34. The zero-order chi connectivity index (χ0) is 19.4. The van der Waals surface area contributed by atoms with Crippen LogP contribution in [0.3, 0.4) is 0 Å². The van der Waals surface area contributed by atoms with Crippen LogP contribution < -0.4 is 0 Å². The SMILES string of the molecule is O=C(OCc1csc(-c2ccsc2)n1)C(O)(c1ccccc1)c1ccccc1. The molecular weight excluding hydrogens is 390 g/mol. The molecule has 0 spiro atoms. The third-order valence-corrected chi connectivity index (χ3v) is 5.97. The maximum atomic E-state index is 13.0. The van der Waals surface area contributed by atoms with E-state index in [1.54, 1.807) is 59.9 Å². The van der Waals surface area contributed by atoms with Crippen LogP contribution in [0.15, 0.2) is 82.9 Å². The molecule has 0 aliphatic carbocycles. The van der Waals surface area contributed by atoms with E-state index in [4.69, 9.17) is 4.74 Å². The Morgan fingerprint density at radius 1 is 0.964 bits per heavy atom. The molecule has 0 saturated carbocycles. The number of thiazole rings is 1. The molecule has 0 bridgehead atoms. The number of thiophene rings is 1. The van der Waals surface area contributed by atoms with Crippen molar-refractivity contribution in [1.29, 1.82) is 0 Å². The van der Waals surface area contributed by atoms with Gasteiger partial charge in [-0.1, -0.05) is 60.7 Å². The van der Waals surface area contributed by atoms with E-state index in [-0.39, 0.29) is 6.61 Å². The lowest BCUT2D eigenvalue weighted by Gasteiger charge is -2.26. The van der Waals surface area contributed by atoms with Gasteiger partial charge in [0.1, 0.15) is 11.6 Å². The Hall–Kier alpha value is -2.80. The number of benzene rings is 2. The van der Waals surface area contributed by atoms with Gasteiger partial charge in [0, 0.05) is 16.3 Å². The average molecular weight is 408 g/mol. The van der Waals surface area contributed by atoms with Crippen molar-refractivity contribution in [2.45, 2.75) is 12.2 Å². The first-order valence-corrected chi connectivity index (χ1v) is 10.5. The minimum Gasteiger partial charge on any atom is -0.456 e. The highest BCUT2D eigenvalue weighted by molar-refractivity contribution is 7.14. The fraction of sp³-hybridized carbons (Fsp3) is 0.0909. The van der Waals surface area contributed by atoms with Crippen LogP contribution >= 0.6 is 22.7 Å². The molecule has 0 radical (unpaired) electrons. The summed E-state index contributed by atoms with van der Waals surface area (Å²) in [4.78, 5) is 17.5. The Morgan fingerprint density at radius 3 is 2.18 bits per heavy atom. The number of rotatable bonds is 6. The molecule has 0 saturated heterocycles. The van der Waals surface area contributed by atoms with E-state index in [2.05, 4.69) is 4.98 Å². The lowest BCUT2D eigenvalue weighted by atomic mass is 9.86. The number of hydrogen-bond acceptors (Lipinski definition) is 6. The molecule has 6 heteroatoms. The summed E-state index contributed by atoms with van der Waals surface area (Å²) in [6.07, 6.45) is 0. The number of aliphatic hydroxyl groups is 1. The summed E-state index contributed by atoms with van der Waals surface area (Å²) in [5.41, 5.74) is 0.752. The molecule has 28 heavy (non-hydrogen) atoms. The predicted molar refractivity (Wildman–Crippen MR) is 111 cm³/mol. The molecule has 0 aliphatic rings. The molecule has 0 atom stereocenters. The highest BCUT2D eigenvalue weighted by Gasteiger charge is 2.41. The molecule has 140 valence electrons. The molecule has 4 aromatic rings. The molecule has 4 nitrogen and oxygen atoms in total. The minimum absolute atomic E-state index is 0.00144. The quantitative estimate of drug-likeness (QED) is 0.464. The van der Waals surface area contributed by atoms with Crippen LogP contribution in [0.2, 0.25) is 0 Å². The van der Waals surface area contributed by atoms with Crippen molar-refractivity contribution in [3.8, 4) is 10.6 Å². The monoisotopic (exact) mass is 407 g/mol. The van der Waals surface area contributed by atoms with Crippen molar-refractivity contribution < 1.29 is 14.6 Å². The first-order chi connectivity index (χ1) is 13.7. The van der Waals surface area contributed by atoms with Crippen LogP contribution in [0.1, 0.15) is 16.8 Å². The number of carbonyl (C=O) groups is 1. The van der Waals surface area contributed by atoms with Gasteiger partial charge in [-0.3, -0.25) is 0 Å². The van der Waals surface area contributed by atoms with E-state index in [0.29, 0.717) is 16.8 Å². The Bertz CT molecular complexity index is 1000. The molecule has 0 amide bonds. The highest BCUT2D eigenvalue weighted by Crippen LogP contribution is 2.32. The Balaban J connectivity index is 1.57. The number of ether oxygens (including phenoxy) is 1. The first kappa shape index (κ1) is 18.6. The summed E-state index contributed by atoms with van der Waals surface area (Å²) < 4.78 is 5.49. The second-order valence-electron chi connectivity index (χ2n) is 6.17. The van der Waals surface area contributed by atoms with Gasteiger partial charge in [-0.15, -0.1) is 11.3 Å². The lowest BCUT2D eigenvalue weighted by Crippen LogP contribution is -2.38. The van der Waals surface area contributed by atoms with Crippen molar-refractivity contribution in [3.05, 3.63) is 99.7 Å². The molecule has 2 heterocycles. The van der Waals surface area contributed by atoms with Gasteiger partial charge >= 0.3 is 5.97 Å². The van der Waals surface area contributed by atoms with E-state index in [9.17, 15) is 9.90 Å². The van der Waals surface area contributed by atoms with Crippen LogP contribution in [0.5, 0.6) is 0 Å². The van der Waals surface area contributed by atoms with Gasteiger partial charge in [-0.05, 0) is 22.6 Å². The van der Waals surface area contributed by atoms with Crippen molar-refractivity contribution in [1.82, 2.24) is 4.98 Å². The van der Waals surface area contributed by atoms with Crippen molar-refractivity contribution in [2.75, 3.05) is 0 Å². The first-order valence-electron chi connectivity index (χ1n) is 8.65. The standard InChI is InChI=1S/C22H17NO3S2/c24-21(26-13-19-15-28-20(23-19)16-11-12-27-14-16)22(25,17-7-3-1-4-8-17)18-9-5-2-6-10-18/h1-12,14-15,25H,13H2. The number of esters is 1. The summed E-state index contributed by atoms with van der Waals surface area (Å²) in [6, 6.07) is 19.7. The van der Waals surface area contributed by atoms with Gasteiger partial charge in [0.25, 0.3) is 0 Å². The fourth-order valence-electron chi connectivity index (χ4n) is 2.90. The second kappa shape index (κ2) is 8.06. The van der Waals surface area contributed by atoms with E-state index >= 15 is 0 Å². The molecule has 0 fully saturated rings. The second-order valence-corrected chi connectivity index (χ2v) is 7.81. The topological polar surface area (TPSA) is 59.4 Å². The van der Waals surface area contributed by atoms with Crippen molar-refractivity contribution >= 4 is 28.6 Å². The molecule has 2 aromatic heterocycles. The largest absolute Gasteiger partial charge is 0.456 e. The van der Waals surface area contributed by atoms with Crippen LogP contribution in [0, 0.1) is 0 Å². The Morgan fingerprint density at radius 2 is 1.61 bits per heavy atom. The van der Waals surface area contributed by atoms with Gasteiger partial charge < -0.3 is 9.84 Å². The number of carbonyl (C=O) groups excluding carboxylic acids is 1. The van der Waals surface area contributed by atoms with Gasteiger partial charge in [0.15, 0.2) is 0 Å². The van der Waals surface area contributed by atoms with Crippen LogP contribution in [0.4, 0.5) is 0 Å². The lowest BCUT2D eigenvalue weighted by molar-refractivity contribution is -0.163. The van der Waals surface area contributed by atoms with E-state index in [0.717, 1.165) is 10.6 Å². The highest BCUT2D eigenvalue weighted by atomic mass is 32.1.